The maximum absolute atomic E-state index is 14.4. The summed E-state index contributed by atoms with van der Waals surface area (Å²) in [7, 11) is 0. The SMILES string of the molecule is Fc1cc(F)cc(-n2c(-c3ccccc3-c3nc(-c4ccccc4)nc(-c4ccccc4)n3)nc3ccccc32)c1. The highest BCUT2D eigenvalue weighted by atomic mass is 19.1. The van der Waals surface area contributed by atoms with Crippen molar-refractivity contribution in [3.05, 3.63) is 139 Å². The molecule has 2 heterocycles. The van der Waals surface area contributed by atoms with Crippen LogP contribution in [0.4, 0.5) is 8.78 Å². The van der Waals surface area contributed by atoms with Gasteiger partial charge in [0, 0.05) is 28.3 Å². The van der Waals surface area contributed by atoms with Crippen LogP contribution >= 0.6 is 0 Å². The average molecular weight is 538 g/mol. The molecule has 0 radical (unpaired) electrons. The van der Waals surface area contributed by atoms with Crippen LogP contribution in [0.2, 0.25) is 0 Å². The molecule has 7 aromatic rings. The van der Waals surface area contributed by atoms with Crippen molar-refractivity contribution in [2.75, 3.05) is 0 Å². The molecule has 2 aromatic heterocycles. The number of aromatic nitrogens is 5. The summed E-state index contributed by atoms with van der Waals surface area (Å²) in [6.07, 6.45) is 0. The summed E-state index contributed by atoms with van der Waals surface area (Å²) in [6, 6.07) is 38.1. The fraction of sp³-hybridized carbons (Fsp3) is 0. The Morgan fingerprint density at radius 1 is 0.463 bits per heavy atom. The van der Waals surface area contributed by atoms with Crippen molar-refractivity contribution in [3.8, 4) is 51.2 Å². The molecule has 0 aliphatic carbocycles. The second-order valence-corrected chi connectivity index (χ2v) is 9.47. The number of hydrogen-bond acceptors (Lipinski definition) is 4. The number of benzene rings is 5. The highest BCUT2D eigenvalue weighted by Crippen LogP contribution is 2.35. The minimum atomic E-state index is -0.672. The highest BCUT2D eigenvalue weighted by molar-refractivity contribution is 5.87. The zero-order valence-corrected chi connectivity index (χ0v) is 21.6. The van der Waals surface area contributed by atoms with Gasteiger partial charge in [-0.05, 0) is 24.3 Å². The summed E-state index contributed by atoms with van der Waals surface area (Å²) in [5.41, 5.74) is 4.85. The molecule has 0 amide bonds. The van der Waals surface area contributed by atoms with Crippen molar-refractivity contribution >= 4 is 11.0 Å². The van der Waals surface area contributed by atoms with E-state index in [1.54, 1.807) is 4.57 Å². The third kappa shape index (κ3) is 4.63. The Morgan fingerprint density at radius 2 is 0.976 bits per heavy atom. The zero-order valence-electron chi connectivity index (χ0n) is 21.6. The van der Waals surface area contributed by atoms with Gasteiger partial charge in [-0.2, -0.15) is 0 Å². The molecular formula is C34H21F2N5. The molecule has 5 aromatic carbocycles. The van der Waals surface area contributed by atoms with E-state index in [4.69, 9.17) is 19.9 Å². The van der Waals surface area contributed by atoms with Crippen LogP contribution in [0.15, 0.2) is 127 Å². The maximum atomic E-state index is 14.4. The summed E-state index contributed by atoms with van der Waals surface area (Å²) < 4.78 is 30.6. The topological polar surface area (TPSA) is 56.5 Å². The van der Waals surface area contributed by atoms with Gasteiger partial charge < -0.3 is 0 Å². The van der Waals surface area contributed by atoms with Crippen molar-refractivity contribution in [2.24, 2.45) is 0 Å². The largest absolute Gasteiger partial charge is 0.292 e. The third-order valence-electron chi connectivity index (χ3n) is 6.77. The number of nitrogens with zero attached hydrogens (tertiary/aromatic N) is 5. The van der Waals surface area contributed by atoms with Crippen molar-refractivity contribution in [3.63, 3.8) is 0 Å². The fourth-order valence-corrected chi connectivity index (χ4v) is 4.94. The molecule has 41 heavy (non-hydrogen) atoms. The molecule has 0 aliphatic heterocycles. The molecule has 0 N–H and O–H groups in total. The number of hydrogen-bond donors (Lipinski definition) is 0. The van der Waals surface area contributed by atoms with Gasteiger partial charge in [0.1, 0.15) is 17.5 Å². The Labute approximate surface area is 234 Å². The summed E-state index contributed by atoms with van der Waals surface area (Å²) in [6.45, 7) is 0. The highest BCUT2D eigenvalue weighted by Gasteiger charge is 2.21. The van der Waals surface area contributed by atoms with Crippen molar-refractivity contribution in [1.82, 2.24) is 24.5 Å². The molecule has 5 nitrogen and oxygen atoms in total. The van der Waals surface area contributed by atoms with E-state index in [1.165, 1.54) is 12.1 Å². The van der Waals surface area contributed by atoms with Gasteiger partial charge in [0.25, 0.3) is 0 Å². The van der Waals surface area contributed by atoms with Crippen LogP contribution in [0.3, 0.4) is 0 Å². The van der Waals surface area contributed by atoms with Crippen molar-refractivity contribution in [2.45, 2.75) is 0 Å². The lowest BCUT2D eigenvalue weighted by atomic mass is 10.1. The summed E-state index contributed by atoms with van der Waals surface area (Å²) in [5, 5.41) is 0. The molecule has 0 fully saturated rings. The molecule has 0 unspecified atom stereocenters. The van der Waals surface area contributed by atoms with Gasteiger partial charge >= 0.3 is 0 Å². The Bertz CT molecular complexity index is 1940. The van der Waals surface area contributed by atoms with Gasteiger partial charge in [-0.1, -0.05) is 97.1 Å². The third-order valence-corrected chi connectivity index (χ3v) is 6.77. The average Bonchev–Trinajstić information content (AvgIpc) is 3.41. The predicted octanol–water partition coefficient (Wildman–Crippen LogP) is 8.16. The lowest BCUT2D eigenvalue weighted by molar-refractivity contribution is 0.582. The van der Waals surface area contributed by atoms with E-state index in [2.05, 4.69) is 0 Å². The Morgan fingerprint density at radius 3 is 1.61 bits per heavy atom. The van der Waals surface area contributed by atoms with Crippen molar-refractivity contribution < 1.29 is 8.78 Å². The molecule has 196 valence electrons. The number of fused-ring (bicyclic) bond motifs is 1. The molecular weight excluding hydrogens is 516 g/mol. The van der Waals surface area contributed by atoms with Crippen LogP contribution in [0.1, 0.15) is 0 Å². The molecule has 0 atom stereocenters. The van der Waals surface area contributed by atoms with Crippen LogP contribution in [-0.2, 0) is 0 Å². The van der Waals surface area contributed by atoms with Gasteiger partial charge in [-0.3, -0.25) is 4.57 Å². The molecule has 0 bridgehead atoms. The first kappa shape index (κ1) is 24.5. The van der Waals surface area contributed by atoms with E-state index in [9.17, 15) is 8.78 Å². The number of para-hydroxylation sites is 2. The molecule has 0 saturated carbocycles. The first-order valence-corrected chi connectivity index (χ1v) is 13.0. The summed E-state index contributed by atoms with van der Waals surface area (Å²) in [4.78, 5) is 19.5. The maximum Gasteiger partial charge on any atom is 0.164 e. The Kier molecular flexibility index (Phi) is 6.09. The predicted molar refractivity (Wildman–Crippen MR) is 156 cm³/mol. The van der Waals surface area contributed by atoms with Gasteiger partial charge in [-0.25, -0.2) is 28.7 Å². The fourth-order valence-electron chi connectivity index (χ4n) is 4.94. The van der Waals surface area contributed by atoms with Crippen molar-refractivity contribution in [1.29, 1.82) is 0 Å². The van der Waals surface area contributed by atoms with E-state index in [0.29, 0.717) is 51.1 Å². The number of rotatable bonds is 5. The molecule has 7 heteroatoms. The van der Waals surface area contributed by atoms with Crippen LogP contribution in [-0.4, -0.2) is 24.5 Å². The first-order valence-electron chi connectivity index (χ1n) is 13.0. The van der Waals surface area contributed by atoms with Gasteiger partial charge in [0.05, 0.1) is 16.7 Å². The zero-order chi connectivity index (χ0) is 27.8. The Balaban J connectivity index is 1.49. The summed E-state index contributed by atoms with van der Waals surface area (Å²) in [5.74, 6) is 0.686. The first-order chi connectivity index (χ1) is 20.1. The molecule has 0 aliphatic rings. The van der Waals surface area contributed by atoms with Gasteiger partial charge in [-0.15, -0.1) is 0 Å². The molecule has 0 saturated heterocycles. The quantitative estimate of drug-likeness (QED) is 0.222. The normalized spacial score (nSPS) is 11.2. The van der Waals surface area contributed by atoms with E-state index in [-0.39, 0.29) is 0 Å². The van der Waals surface area contributed by atoms with E-state index >= 15 is 0 Å². The standard InChI is InChI=1S/C34H21F2N5/c35-24-19-25(36)21-26(20-24)41-30-18-10-9-17-29(30)37-34(41)28-16-8-7-15-27(28)33-39-31(22-11-3-1-4-12-22)38-32(40-33)23-13-5-2-6-14-23/h1-21H. The van der Waals surface area contributed by atoms with E-state index < -0.39 is 11.6 Å². The number of imidazole rings is 1. The van der Waals surface area contributed by atoms with Crippen LogP contribution < -0.4 is 0 Å². The lowest BCUT2D eigenvalue weighted by Gasteiger charge is -2.14. The molecule has 7 rings (SSSR count). The summed E-state index contributed by atoms with van der Waals surface area (Å²) >= 11 is 0. The van der Waals surface area contributed by atoms with Crippen LogP contribution in [0.5, 0.6) is 0 Å². The van der Waals surface area contributed by atoms with Crippen LogP contribution in [0.25, 0.3) is 62.3 Å². The van der Waals surface area contributed by atoms with Gasteiger partial charge in [0.2, 0.25) is 0 Å². The second kappa shape index (κ2) is 10.2. The monoisotopic (exact) mass is 537 g/mol. The lowest BCUT2D eigenvalue weighted by Crippen LogP contribution is -2.03. The van der Waals surface area contributed by atoms with E-state index in [1.807, 2.05) is 109 Å². The van der Waals surface area contributed by atoms with E-state index in [0.717, 1.165) is 17.2 Å². The van der Waals surface area contributed by atoms with Gasteiger partial charge in [0.15, 0.2) is 17.5 Å². The second-order valence-electron chi connectivity index (χ2n) is 9.47. The minimum Gasteiger partial charge on any atom is -0.292 e. The van der Waals surface area contributed by atoms with Crippen LogP contribution in [0, 0.1) is 11.6 Å². The minimum absolute atomic E-state index is 0.326. The number of halogens is 2. The Hall–Kier alpha value is -5.56. The molecule has 0 spiro atoms. The smallest absolute Gasteiger partial charge is 0.164 e.